The van der Waals surface area contributed by atoms with Gasteiger partial charge in [0, 0.05) is 4.90 Å². The van der Waals surface area contributed by atoms with E-state index in [0.717, 1.165) is 45.0 Å². The smallest absolute Gasteiger partial charge is 0.298 e. The molecule has 7 aromatic rings. The number of ether oxygens (including phenoxy) is 2. The molecular formula is C46H33NO10S3. The number of hydrogen-bond donors (Lipinski definition) is 2. The van der Waals surface area contributed by atoms with Gasteiger partial charge in [-0.25, -0.2) is 13.7 Å². The second-order valence-electron chi connectivity index (χ2n) is 13.9. The Kier molecular flexibility index (Phi) is 10.8. The maximum absolute atomic E-state index is 13.7. The van der Waals surface area contributed by atoms with Crippen LogP contribution in [0.25, 0.3) is 11.1 Å². The summed E-state index contributed by atoms with van der Waals surface area (Å²) in [5.74, 6) is 0.933. The molecule has 0 radical (unpaired) electrons. The number of fused-ring (bicyclic) bond motifs is 3. The quantitative estimate of drug-likeness (QED) is 0.0517. The number of sulfone groups is 1. The molecular weight excluding hydrogens is 823 g/mol. The third kappa shape index (κ3) is 7.22. The third-order valence-corrected chi connectivity index (χ3v) is 13.8. The van der Waals surface area contributed by atoms with E-state index >= 15 is 0 Å². The minimum absolute atomic E-state index is 0.201. The minimum atomic E-state index is -4.99. The summed E-state index contributed by atoms with van der Waals surface area (Å²) in [6.07, 6.45) is 0. The summed E-state index contributed by atoms with van der Waals surface area (Å²) < 4.78 is 79.8. The number of aryl methyl sites for hydroxylation is 2. The molecule has 1 aliphatic rings. The second kappa shape index (κ2) is 16.1. The summed E-state index contributed by atoms with van der Waals surface area (Å²) >= 11 is 0.580. The van der Waals surface area contributed by atoms with Crippen LogP contribution in [0, 0.1) is 25.2 Å². The average molecular weight is 856 g/mol. The summed E-state index contributed by atoms with van der Waals surface area (Å²) in [7, 11) is -9.31. The van der Waals surface area contributed by atoms with Crippen LogP contribution in [0.2, 0.25) is 0 Å². The van der Waals surface area contributed by atoms with Gasteiger partial charge in [0.15, 0.2) is 0 Å². The highest BCUT2D eigenvalue weighted by Gasteiger charge is 2.46. The van der Waals surface area contributed by atoms with Gasteiger partial charge in [-0.1, -0.05) is 96.0 Å². The lowest BCUT2D eigenvalue weighted by Crippen LogP contribution is -2.28. The summed E-state index contributed by atoms with van der Waals surface area (Å²) in [4.78, 5) is -1.06. The predicted molar refractivity (Wildman–Crippen MR) is 223 cm³/mol. The fourth-order valence-corrected chi connectivity index (χ4v) is 10.2. The number of nitriles is 1. The first-order valence-corrected chi connectivity index (χ1v) is 21.9. The molecule has 300 valence electrons. The van der Waals surface area contributed by atoms with Crippen LogP contribution in [-0.4, -0.2) is 26.6 Å². The lowest BCUT2D eigenvalue weighted by Gasteiger charge is -2.34. The van der Waals surface area contributed by atoms with Crippen LogP contribution in [0.5, 0.6) is 23.0 Å². The molecule has 7 aromatic carbocycles. The third-order valence-electron chi connectivity index (χ3n) is 10.5. The Morgan fingerprint density at radius 1 is 0.617 bits per heavy atom. The summed E-state index contributed by atoms with van der Waals surface area (Å²) in [6, 6.07) is 46.2. The molecule has 0 unspecified atom stereocenters. The van der Waals surface area contributed by atoms with E-state index in [1.54, 1.807) is 25.1 Å². The van der Waals surface area contributed by atoms with Gasteiger partial charge in [-0.15, -0.1) is 4.33 Å². The van der Waals surface area contributed by atoms with Crippen molar-refractivity contribution in [2.45, 2.75) is 38.8 Å². The zero-order valence-electron chi connectivity index (χ0n) is 31.8. The van der Waals surface area contributed by atoms with Crippen LogP contribution in [-0.2, 0) is 34.7 Å². The van der Waals surface area contributed by atoms with E-state index in [1.807, 2.05) is 79.7 Å². The van der Waals surface area contributed by atoms with E-state index in [4.69, 9.17) is 14.7 Å². The van der Waals surface area contributed by atoms with Gasteiger partial charge in [-0.05, 0) is 119 Å². The molecule has 11 nitrogen and oxygen atoms in total. The molecule has 0 amide bonds. The number of nitrogens with zero attached hydrogens (tertiary/aromatic N) is 1. The molecule has 0 atom stereocenters. The van der Waals surface area contributed by atoms with Crippen LogP contribution in [0.1, 0.15) is 38.9 Å². The lowest BCUT2D eigenvalue weighted by molar-refractivity contribution is -0.432. The van der Waals surface area contributed by atoms with Gasteiger partial charge in [0.1, 0.15) is 34.0 Å². The Morgan fingerprint density at radius 2 is 1.17 bits per heavy atom. The maximum atomic E-state index is 13.7. The van der Waals surface area contributed by atoms with Crippen molar-refractivity contribution in [2.24, 2.45) is 0 Å². The minimum Gasteiger partial charge on any atom is -0.456 e. The highest BCUT2D eigenvalue weighted by atomic mass is 32.2. The molecule has 2 N–H and O–H groups in total. The largest absolute Gasteiger partial charge is 0.456 e. The first-order valence-electron chi connectivity index (χ1n) is 18.2. The standard InChI is InChI=1S/C46H33NO10S3/c1-29-8-7-13-42(39(29)28-47)54-33-19-15-31(16-20-33)46(40-11-5-3-9-37(40)38-10-4-6-12-41(38)46)32-17-21-34(22-18-32)55-43-25-24-36(27-45(43)60(51,52)53)59(49,50)35-23-14-30(2)44(26-35)58-57-56-48/h3-27,48H,1-2H3,(H,51,52,53). The molecule has 0 spiro atoms. The number of rotatable bonds is 12. The topological polar surface area (TPSA) is 169 Å². The van der Waals surface area contributed by atoms with Crippen molar-refractivity contribution in [1.82, 2.24) is 0 Å². The normalized spacial score (nSPS) is 12.9. The van der Waals surface area contributed by atoms with Gasteiger partial charge in [0.2, 0.25) is 9.84 Å². The zero-order valence-corrected chi connectivity index (χ0v) is 34.2. The van der Waals surface area contributed by atoms with E-state index in [9.17, 15) is 26.7 Å². The molecule has 0 aromatic heterocycles. The summed E-state index contributed by atoms with van der Waals surface area (Å²) in [5, 5.41) is 22.0. The molecule has 14 heteroatoms. The van der Waals surface area contributed by atoms with Crippen LogP contribution in [0.15, 0.2) is 171 Å². The van der Waals surface area contributed by atoms with Crippen molar-refractivity contribution in [3.63, 3.8) is 0 Å². The summed E-state index contributed by atoms with van der Waals surface area (Å²) in [5.41, 5.74) is 7.09. The molecule has 0 saturated heterocycles. The van der Waals surface area contributed by atoms with Gasteiger partial charge >= 0.3 is 0 Å². The Bertz CT molecular complexity index is 3010. The van der Waals surface area contributed by atoms with E-state index in [-0.39, 0.29) is 16.4 Å². The first kappa shape index (κ1) is 40.5. The van der Waals surface area contributed by atoms with Gasteiger partial charge in [0.05, 0.1) is 32.8 Å². The van der Waals surface area contributed by atoms with E-state index in [2.05, 4.69) is 39.7 Å². The van der Waals surface area contributed by atoms with E-state index in [0.29, 0.717) is 39.6 Å². The van der Waals surface area contributed by atoms with Gasteiger partial charge in [0.25, 0.3) is 10.1 Å². The van der Waals surface area contributed by atoms with Gasteiger partial charge < -0.3 is 9.47 Å². The van der Waals surface area contributed by atoms with Crippen molar-refractivity contribution in [3.05, 3.63) is 191 Å². The summed E-state index contributed by atoms with van der Waals surface area (Å²) in [6.45, 7) is 3.55. The highest BCUT2D eigenvalue weighted by Crippen LogP contribution is 2.56. The van der Waals surface area contributed by atoms with Crippen molar-refractivity contribution < 1.29 is 45.5 Å². The first-order chi connectivity index (χ1) is 28.9. The number of hydrogen-bond acceptors (Lipinski definition) is 11. The second-order valence-corrected chi connectivity index (χ2v) is 18.0. The molecule has 0 heterocycles. The van der Waals surface area contributed by atoms with Gasteiger partial charge in [-0.3, -0.25) is 4.55 Å². The molecule has 0 aliphatic heterocycles. The van der Waals surface area contributed by atoms with Crippen molar-refractivity contribution in [2.75, 3.05) is 0 Å². The van der Waals surface area contributed by atoms with Crippen LogP contribution in [0.4, 0.5) is 0 Å². The Hall–Kier alpha value is -6.28. The zero-order chi connectivity index (χ0) is 42.2. The molecule has 0 saturated carbocycles. The van der Waals surface area contributed by atoms with Crippen LogP contribution in [0.3, 0.4) is 0 Å². The monoisotopic (exact) mass is 855 g/mol. The molecule has 8 rings (SSSR count). The molecule has 1 aliphatic carbocycles. The maximum Gasteiger partial charge on any atom is 0.298 e. The van der Waals surface area contributed by atoms with Crippen LogP contribution >= 0.6 is 12.0 Å². The van der Waals surface area contributed by atoms with Crippen LogP contribution < -0.4 is 9.47 Å². The highest BCUT2D eigenvalue weighted by molar-refractivity contribution is 7.94. The Morgan fingerprint density at radius 3 is 1.73 bits per heavy atom. The predicted octanol–water partition coefficient (Wildman–Crippen LogP) is 10.6. The van der Waals surface area contributed by atoms with Gasteiger partial charge in [-0.2, -0.15) is 13.7 Å². The van der Waals surface area contributed by atoms with Crippen molar-refractivity contribution in [1.29, 1.82) is 5.26 Å². The Balaban J connectivity index is 1.17. The van der Waals surface area contributed by atoms with Crippen molar-refractivity contribution in [3.8, 4) is 40.2 Å². The Labute approximate surface area is 350 Å². The molecule has 0 fully saturated rings. The fraction of sp³-hybridized carbons (Fsp3) is 0.0652. The average Bonchev–Trinajstić information content (AvgIpc) is 3.55. The SMILES string of the molecule is Cc1ccc(S(=O)(=O)c2ccc(Oc3ccc(C4(c5ccc(Oc6cccc(C)c6C#N)cc5)c5ccccc5-c5ccccc54)cc3)c(S(=O)(=O)O)c2)cc1SOOO. The lowest BCUT2D eigenvalue weighted by atomic mass is 9.68. The van der Waals surface area contributed by atoms with Crippen molar-refractivity contribution >= 4 is 32.0 Å². The van der Waals surface area contributed by atoms with E-state index in [1.165, 1.54) is 30.3 Å². The molecule has 60 heavy (non-hydrogen) atoms. The fourth-order valence-electron chi connectivity index (χ4n) is 7.66. The molecule has 0 bridgehead atoms. The number of benzene rings is 7. The van der Waals surface area contributed by atoms with E-state index < -0.39 is 35.2 Å².